The zero-order valence-corrected chi connectivity index (χ0v) is 15.9. The second kappa shape index (κ2) is 6.12. The van der Waals surface area contributed by atoms with Gasteiger partial charge in [-0.3, -0.25) is 9.88 Å². The summed E-state index contributed by atoms with van der Waals surface area (Å²) in [5.41, 5.74) is 8.59. The van der Waals surface area contributed by atoms with Crippen LogP contribution < -0.4 is 20.5 Å². The van der Waals surface area contributed by atoms with Gasteiger partial charge in [0.25, 0.3) is 0 Å². The molecule has 0 fully saturated rings. The van der Waals surface area contributed by atoms with Crippen molar-refractivity contribution in [1.82, 2.24) is 14.5 Å². The molecule has 27 heavy (non-hydrogen) atoms. The molecule has 4 heterocycles. The number of benzene rings is 1. The SMILES string of the molecule is CC(C)c1nc(C2N=C(N)Nc3nc4cc5c(cc4n32)OCCCO5)cs1. The number of hydrogen-bond donors (Lipinski definition) is 2. The van der Waals surface area contributed by atoms with E-state index in [9.17, 15) is 0 Å². The third kappa shape index (κ3) is 2.69. The highest BCUT2D eigenvalue weighted by Gasteiger charge is 2.28. The Kier molecular flexibility index (Phi) is 3.71. The Bertz CT molecular complexity index is 1050. The van der Waals surface area contributed by atoms with E-state index in [0.717, 1.165) is 39.7 Å². The smallest absolute Gasteiger partial charge is 0.212 e. The Morgan fingerprint density at radius 1 is 1.22 bits per heavy atom. The van der Waals surface area contributed by atoms with Crippen molar-refractivity contribution in [3.05, 3.63) is 28.2 Å². The molecule has 2 aliphatic rings. The monoisotopic (exact) mass is 384 g/mol. The Morgan fingerprint density at radius 3 is 2.74 bits per heavy atom. The van der Waals surface area contributed by atoms with E-state index in [2.05, 4.69) is 24.2 Å². The number of nitrogens with zero attached hydrogens (tertiary/aromatic N) is 4. The van der Waals surface area contributed by atoms with Crippen molar-refractivity contribution in [2.24, 2.45) is 10.7 Å². The first kappa shape index (κ1) is 16.4. The molecule has 2 aliphatic heterocycles. The number of rotatable bonds is 2. The standard InChI is InChI=1S/C18H20N6O2S/c1-9(2)16-20-11(8-27-16)15-22-17(19)23-18-21-10-6-13-14(7-12(10)24(15)18)26-5-3-4-25-13/h6-9,15H,3-5H2,1-2H3,(H3,19,21,22,23). The summed E-state index contributed by atoms with van der Waals surface area (Å²) in [6.45, 7) is 5.54. The molecule has 0 saturated carbocycles. The van der Waals surface area contributed by atoms with E-state index >= 15 is 0 Å². The van der Waals surface area contributed by atoms with Crippen molar-refractivity contribution in [3.63, 3.8) is 0 Å². The number of hydrogen-bond acceptors (Lipinski definition) is 8. The quantitative estimate of drug-likeness (QED) is 0.704. The molecule has 8 nitrogen and oxygen atoms in total. The number of nitrogens with one attached hydrogen (secondary N) is 1. The lowest BCUT2D eigenvalue weighted by atomic mass is 10.2. The van der Waals surface area contributed by atoms with Gasteiger partial charge in [-0.25, -0.2) is 15.0 Å². The third-order valence-corrected chi connectivity index (χ3v) is 5.77. The largest absolute Gasteiger partial charge is 0.489 e. The number of aromatic nitrogens is 3. The maximum Gasteiger partial charge on any atom is 0.212 e. The average molecular weight is 384 g/mol. The highest BCUT2D eigenvalue weighted by atomic mass is 32.1. The van der Waals surface area contributed by atoms with Crippen LogP contribution in [0.3, 0.4) is 0 Å². The molecule has 1 unspecified atom stereocenters. The molecular formula is C18H20N6O2S. The summed E-state index contributed by atoms with van der Waals surface area (Å²) in [6, 6.07) is 3.88. The molecule has 0 amide bonds. The van der Waals surface area contributed by atoms with Crippen molar-refractivity contribution < 1.29 is 9.47 Å². The van der Waals surface area contributed by atoms with E-state index in [0.29, 0.717) is 31.0 Å². The van der Waals surface area contributed by atoms with Gasteiger partial charge in [0.05, 0.1) is 34.9 Å². The normalized spacial score (nSPS) is 18.8. The van der Waals surface area contributed by atoms with Crippen molar-refractivity contribution >= 4 is 34.3 Å². The van der Waals surface area contributed by atoms with Crippen LogP contribution in [0.1, 0.15) is 43.1 Å². The maximum absolute atomic E-state index is 6.02. The summed E-state index contributed by atoms with van der Waals surface area (Å²) < 4.78 is 13.7. The van der Waals surface area contributed by atoms with Crippen LogP contribution in [0.15, 0.2) is 22.5 Å². The Labute approximate surface area is 160 Å². The van der Waals surface area contributed by atoms with E-state index in [-0.39, 0.29) is 6.17 Å². The zero-order valence-electron chi connectivity index (χ0n) is 15.1. The lowest BCUT2D eigenvalue weighted by Crippen LogP contribution is -2.31. The lowest BCUT2D eigenvalue weighted by molar-refractivity contribution is 0.297. The van der Waals surface area contributed by atoms with E-state index in [1.54, 1.807) is 11.3 Å². The summed E-state index contributed by atoms with van der Waals surface area (Å²) in [5.74, 6) is 2.78. The van der Waals surface area contributed by atoms with Crippen LogP contribution in [-0.2, 0) is 0 Å². The van der Waals surface area contributed by atoms with Crippen molar-refractivity contribution in [3.8, 4) is 11.5 Å². The average Bonchev–Trinajstić information content (AvgIpc) is 3.18. The van der Waals surface area contributed by atoms with Gasteiger partial charge >= 0.3 is 0 Å². The lowest BCUT2D eigenvalue weighted by Gasteiger charge is -2.22. The van der Waals surface area contributed by atoms with Gasteiger partial charge in [-0.2, -0.15) is 0 Å². The molecule has 1 atom stereocenters. The molecule has 0 saturated heterocycles. The summed E-state index contributed by atoms with van der Waals surface area (Å²) in [4.78, 5) is 14.1. The first-order chi connectivity index (χ1) is 13.1. The second-order valence-electron chi connectivity index (χ2n) is 6.92. The molecule has 0 spiro atoms. The molecule has 1 aromatic carbocycles. The van der Waals surface area contributed by atoms with Crippen molar-refractivity contribution in [2.75, 3.05) is 18.5 Å². The fourth-order valence-corrected chi connectivity index (χ4v) is 4.15. The first-order valence-electron chi connectivity index (χ1n) is 8.97. The van der Waals surface area contributed by atoms with Crippen LogP contribution in [0.2, 0.25) is 0 Å². The highest BCUT2D eigenvalue weighted by molar-refractivity contribution is 7.09. The summed E-state index contributed by atoms with van der Waals surface area (Å²) in [6.07, 6.45) is 0.499. The molecule has 140 valence electrons. The molecule has 0 bridgehead atoms. The predicted octanol–water partition coefficient (Wildman–Crippen LogP) is 3.06. The number of nitrogens with two attached hydrogens (primary N) is 1. The molecule has 0 aliphatic carbocycles. The van der Waals surface area contributed by atoms with Crippen LogP contribution >= 0.6 is 11.3 Å². The van der Waals surface area contributed by atoms with Crippen molar-refractivity contribution in [1.29, 1.82) is 0 Å². The third-order valence-electron chi connectivity index (χ3n) is 4.60. The number of aliphatic imine (C=N–C) groups is 1. The number of thiazole rings is 1. The van der Waals surface area contributed by atoms with Gasteiger partial charge in [0, 0.05) is 29.9 Å². The van der Waals surface area contributed by atoms with Gasteiger partial charge in [0.2, 0.25) is 5.95 Å². The maximum atomic E-state index is 6.02. The van der Waals surface area contributed by atoms with Crippen LogP contribution in [0, 0.1) is 0 Å². The van der Waals surface area contributed by atoms with E-state index in [4.69, 9.17) is 25.2 Å². The van der Waals surface area contributed by atoms with Gasteiger partial charge < -0.3 is 15.2 Å². The fourth-order valence-electron chi connectivity index (χ4n) is 3.31. The number of fused-ring (bicyclic) bond motifs is 4. The van der Waals surface area contributed by atoms with Gasteiger partial charge in [0.1, 0.15) is 0 Å². The number of ether oxygens (including phenoxy) is 2. The van der Waals surface area contributed by atoms with Crippen LogP contribution in [0.25, 0.3) is 11.0 Å². The second-order valence-corrected chi connectivity index (χ2v) is 7.81. The Hall–Kier alpha value is -2.81. The minimum absolute atomic E-state index is 0.330. The predicted molar refractivity (Wildman–Crippen MR) is 105 cm³/mol. The molecule has 0 radical (unpaired) electrons. The first-order valence-corrected chi connectivity index (χ1v) is 9.85. The van der Waals surface area contributed by atoms with E-state index < -0.39 is 0 Å². The molecule has 3 N–H and O–H groups in total. The van der Waals surface area contributed by atoms with Crippen LogP contribution in [0.5, 0.6) is 11.5 Å². The fraction of sp³-hybridized carbons (Fsp3) is 0.389. The van der Waals surface area contributed by atoms with Crippen LogP contribution in [-0.4, -0.2) is 33.7 Å². The number of anilines is 1. The van der Waals surface area contributed by atoms with Gasteiger partial charge in [-0.15, -0.1) is 11.3 Å². The molecule has 5 rings (SSSR count). The Morgan fingerprint density at radius 2 is 2.00 bits per heavy atom. The molecular weight excluding hydrogens is 364 g/mol. The van der Waals surface area contributed by atoms with Crippen LogP contribution in [0.4, 0.5) is 5.95 Å². The summed E-state index contributed by atoms with van der Waals surface area (Å²) in [5, 5.41) is 6.18. The topological polar surface area (TPSA) is 99.6 Å². The van der Waals surface area contributed by atoms with Gasteiger partial charge in [-0.1, -0.05) is 13.8 Å². The molecule has 2 aromatic heterocycles. The Balaban J connectivity index is 1.67. The molecule has 3 aromatic rings. The highest BCUT2D eigenvalue weighted by Crippen LogP contribution is 2.39. The van der Waals surface area contributed by atoms with Gasteiger partial charge in [-0.05, 0) is 0 Å². The zero-order chi connectivity index (χ0) is 18.5. The number of guanidine groups is 1. The minimum atomic E-state index is -0.361. The van der Waals surface area contributed by atoms with E-state index in [1.165, 1.54) is 0 Å². The minimum Gasteiger partial charge on any atom is -0.489 e. The van der Waals surface area contributed by atoms with Crippen molar-refractivity contribution in [2.45, 2.75) is 32.4 Å². The van der Waals surface area contributed by atoms with Gasteiger partial charge in [0.15, 0.2) is 23.6 Å². The summed E-state index contributed by atoms with van der Waals surface area (Å²) >= 11 is 1.64. The summed E-state index contributed by atoms with van der Waals surface area (Å²) in [7, 11) is 0. The molecule has 9 heteroatoms. The van der Waals surface area contributed by atoms with E-state index in [1.807, 2.05) is 22.1 Å². The number of imidazole rings is 1.